The van der Waals surface area contributed by atoms with E-state index >= 15 is 0 Å². The van der Waals surface area contributed by atoms with Crippen LogP contribution < -0.4 is 0 Å². The Morgan fingerprint density at radius 2 is 2.14 bits per heavy atom. The number of carbonyl (C=O) groups excluding carboxylic acids is 1. The number of nitrogens with zero attached hydrogens (tertiary/aromatic N) is 2. The van der Waals surface area contributed by atoms with Crippen molar-refractivity contribution in [2.24, 2.45) is 11.8 Å². The third-order valence-corrected chi connectivity index (χ3v) is 6.61. The van der Waals surface area contributed by atoms with Gasteiger partial charge in [0.25, 0.3) is 0 Å². The van der Waals surface area contributed by atoms with Crippen LogP contribution in [0, 0.1) is 11.8 Å². The molecule has 3 unspecified atom stereocenters. The number of likely N-dealkylation sites (tertiary alicyclic amines) is 1. The van der Waals surface area contributed by atoms with Crippen molar-refractivity contribution in [1.82, 2.24) is 15.1 Å². The third kappa shape index (κ3) is 2.60. The highest BCUT2D eigenvalue weighted by Crippen LogP contribution is 2.40. The topological polar surface area (TPSA) is 49.0 Å². The van der Waals surface area contributed by atoms with Crippen LogP contribution in [0.15, 0.2) is 18.5 Å². The van der Waals surface area contributed by atoms with Crippen LogP contribution in [0.1, 0.15) is 44.1 Å². The highest BCUT2D eigenvalue weighted by Gasteiger charge is 2.38. The number of thioether (sulfide) groups is 1. The summed E-state index contributed by atoms with van der Waals surface area (Å²) >= 11 is 1.78. The van der Waals surface area contributed by atoms with Crippen LogP contribution >= 0.6 is 11.8 Å². The lowest BCUT2D eigenvalue weighted by atomic mass is 9.78. The van der Waals surface area contributed by atoms with Gasteiger partial charge in [0.2, 0.25) is 5.91 Å². The molecular weight excluding hydrogens is 294 g/mol. The number of piperidine rings is 1. The van der Waals surface area contributed by atoms with E-state index in [0.717, 1.165) is 23.8 Å². The Morgan fingerprint density at radius 1 is 1.27 bits per heavy atom. The predicted molar refractivity (Wildman–Crippen MR) is 89.2 cm³/mol. The molecule has 4 nitrogen and oxygen atoms in total. The molecule has 4 rings (SSSR count). The van der Waals surface area contributed by atoms with Gasteiger partial charge in [-0.15, -0.1) is 11.8 Å². The molecule has 22 heavy (non-hydrogen) atoms. The molecule has 0 radical (unpaired) electrons. The smallest absolute Gasteiger partial charge is 0.230 e. The predicted octanol–water partition coefficient (Wildman–Crippen LogP) is 3.29. The van der Waals surface area contributed by atoms with Crippen molar-refractivity contribution >= 4 is 22.6 Å². The first-order valence-corrected chi connectivity index (χ1v) is 9.46. The average molecular weight is 317 g/mol. The lowest BCUT2D eigenvalue weighted by Gasteiger charge is -2.44. The van der Waals surface area contributed by atoms with Crippen molar-refractivity contribution in [2.45, 2.75) is 44.6 Å². The quantitative estimate of drug-likeness (QED) is 0.910. The van der Waals surface area contributed by atoms with Crippen molar-refractivity contribution in [2.75, 3.05) is 12.3 Å². The summed E-state index contributed by atoms with van der Waals surface area (Å²) in [7, 11) is 0. The molecule has 2 aliphatic heterocycles. The maximum absolute atomic E-state index is 13.0. The third-order valence-electron chi connectivity index (χ3n) is 5.40. The van der Waals surface area contributed by atoms with Crippen molar-refractivity contribution in [3.63, 3.8) is 0 Å². The zero-order valence-corrected chi connectivity index (χ0v) is 13.6. The standard InChI is InChI=1S/C17H23N3OS/c21-17(13-8-16(22-11-13)14-9-18-19-10-14)20-7-3-5-12-4-1-2-6-15(12)20/h8-10,12-13,15H,1-7,11H2,(H,18,19). The summed E-state index contributed by atoms with van der Waals surface area (Å²) in [5.41, 5.74) is 1.11. The van der Waals surface area contributed by atoms with E-state index in [0.29, 0.717) is 11.9 Å². The molecule has 0 aromatic carbocycles. The fourth-order valence-electron chi connectivity index (χ4n) is 4.28. The summed E-state index contributed by atoms with van der Waals surface area (Å²) < 4.78 is 0. The van der Waals surface area contributed by atoms with Crippen LogP contribution in [0.2, 0.25) is 0 Å². The first kappa shape index (κ1) is 14.4. The maximum Gasteiger partial charge on any atom is 0.230 e. The summed E-state index contributed by atoms with van der Waals surface area (Å²) in [4.78, 5) is 16.4. The first-order chi connectivity index (χ1) is 10.8. The van der Waals surface area contributed by atoms with Gasteiger partial charge in [-0.05, 0) is 31.6 Å². The highest BCUT2D eigenvalue weighted by atomic mass is 32.2. The van der Waals surface area contributed by atoms with Gasteiger partial charge in [-0.2, -0.15) is 5.10 Å². The summed E-state index contributed by atoms with van der Waals surface area (Å²) in [6.45, 7) is 0.968. The van der Waals surface area contributed by atoms with E-state index in [1.54, 1.807) is 11.8 Å². The van der Waals surface area contributed by atoms with Crippen LogP contribution in [0.5, 0.6) is 0 Å². The Balaban J connectivity index is 1.49. The molecule has 1 aromatic heterocycles. The monoisotopic (exact) mass is 317 g/mol. The van der Waals surface area contributed by atoms with Crippen LogP contribution in [0.25, 0.3) is 4.91 Å². The molecule has 3 heterocycles. The van der Waals surface area contributed by atoms with Crippen molar-refractivity contribution in [3.8, 4) is 0 Å². The minimum atomic E-state index is 0.0515. The number of hydrogen-bond donors (Lipinski definition) is 1. The van der Waals surface area contributed by atoms with E-state index in [2.05, 4.69) is 21.2 Å². The van der Waals surface area contributed by atoms with Crippen LogP contribution in [-0.4, -0.2) is 39.3 Å². The molecule has 5 heteroatoms. The highest BCUT2D eigenvalue weighted by molar-refractivity contribution is 8.08. The summed E-state index contributed by atoms with van der Waals surface area (Å²) in [5, 5.41) is 6.86. The number of aromatic nitrogens is 2. The Morgan fingerprint density at radius 3 is 3.00 bits per heavy atom. The molecule has 1 aromatic rings. The van der Waals surface area contributed by atoms with Gasteiger partial charge in [-0.1, -0.05) is 18.9 Å². The largest absolute Gasteiger partial charge is 0.339 e. The minimum absolute atomic E-state index is 0.0515. The lowest BCUT2D eigenvalue weighted by molar-refractivity contribution is -0.139. The SMILES string of the molecule is O=C(C1C=C(c2cn[nH]c2)SC1)N1CCCC2CCCCC21. The van der Waals surface area contributed by atoms with E-state index < -0.39 is 0 Å². The summed E-state index contributed by atoms with van der Waals surface area (Å²) in [6.07, 6.45) is 13.6. The van der Waals surface area contributed by atoms with Crippen LogP contribution in [0.3, 0.4) is 0 Å². The molecule has 2 fully saturated rings. The van der Waals surface area contributed by atoms with Gasteiger partial charge in [0.1, 0.15) is 0 Å². The second-order valence-corrected chi connectivity index (χ2v) is 7.78. The Kier molecular flexibility index (Phi) is 3.99. The fraction of sp³-hybridized carbons (Fsp3) is 0.647. The molecule has 3 atom stereocenters. The first-order valence-electron chi connectivity index (χ1n) is 8.47. The van der Waals surface area contributed by atoms with Gasteiger partial charge in [0, 0.05) is 35.0 Å². The van der Waals surface area contributed by atoms with E-state index in [-0.39, 0.29) is 5.92 Å². The molecule has 1 saturated carbocycles. The van der Waals surface area contributed by atoms with Gasteiger partial charge in [0.05, 0.1) is 12.1 Å². The molecular formula is C17H23N3OS. The number of fused-ring (bicyclic) bond motifs is 1. The second-order valence-electron chi connectivity index (χ2n) is 6.72. The fourth-order valence-corrected chi connectivity index (χ4v) is 5.41. The number of rotatable bonds is 2. The minimum Gasteiger partial charge on any atom is -0.339 e. The zero-order chi connectivity index (χ0) is 14.9. The molecule has 1 aliphatic carbocycles. The molecule has 3 aliphatic rings. The maximum atomic E-state index is 13.0. The number of H-pyrrole nitrogens is 1. The van der Waals surface area contributed by atoms with Gasteiger partial charge >= 0.3 is 0 Å². The summed E-state index contributed by atoms with van der Waals surface area (Å²) in [6, 6.07) is 0.520. The Bertz CT molecular complexity index is 566. The molecule has 0 bridgehead atoms. The number of carbonyl (C=O) groups is 1. The van der Waals surface area contributed by atoms with Crippen molar-refractivity contribution in [1.29, 1.82) is 0 Å². The van der Waals surface area contributed by atoms with Crippen LogP contribution in [0.4, 0.5) is 0 Å². The second kappa shape index (κ2) is 6.11. The number of nitrogens with one attached hydrogen (secondary N) is 1. The Labute approximate surface area is 135 Å². The van der Waals surface area contributed by atoms with E-state index in [1.807, 2.05) is 12.4 Å². The van der Waals surface area contributed by atoms with Gasteiger partial charge in [0.15, 0.2) is 0 Å². The lowest BCUT2D eigenvalue weighted by Crippen LogP contribution is -2.51. The van der Waals surface area contributed by atoms with Gasteiger partial charge in [-0.25, -0.2) is 0 Å². The van der Waals surface area contributed by atoms with Gasteiger partial charge < -0.3 is 4.90 Å². The summed E-state index contributed by atoms with van der Waals surface area (Å²) in [5.74, 6) is 2.06. The molecule has 1 saturated heterocycles. The normalized spacial score (nSPS) is 31.7. The molecule has 1 N–H and O–H groups in total. The van der Waals surface area contributed by atoms with E-state index in [9.17, 15) is 4.79 Å². The van der Waals surface area contributed by atoms with Gasteiger partial charge in [-0.3, -0.25) is 9.89 Å². The van der Waals surface area contributed by atoms with E-state index in [1.165, 1.54) is 43.4 Å². The molecule has 1 amide bonds. The van der Waals surface area contributed by atoms with Crippen molar-refractivity contribution in [3.05, 3.63) is 24.0 Å². The Hall–Kier alpha value is -1.23. The molecule has 118 valence electrons. The number of aromatic amines is 1. The van der Waals surface area contributed by atoms with E-state index in [4.69, 9.17) is 0 Å². The van der Waals surface area contributed by atoms with Crippen LogP contribution in [-0.2, 0) is 4.79 Å². The molecule has 0 spiro atoms. The zero-order valence-electron chi connectivity index (χ0n) is 12.8. The average Bonchev–Trinajstić information content (AvgIpc) is 3.24. The number of hydrogen-bond acceptors (Lipinski definition) is 3. The number of amides is 1. The van der Waals surface area contributed by atoms with Crippen molar-refractivity contribution < 1.29 is 4.79 Å².